The molecule has 136 valence electrons. The molecule has 2 aliphatic heterocycles. The number of nitrogens with zero attached hydrogens (tertiary/aromatic N) is 1. The predicted molar refractivity (Wildman–Crippen MR) is 97.8 cm³/mol. The largest absolute Gasteiger partial charge is 0.493 e. The molecule has 0 aromatic heterocycles. The molecule has 2 aromatic carbocycles. The first kappa shape index (κ1) is 16.9. The average molecular weight is 353 g/mol. The second kappa shape index (κ2) is 7.00. The van der Waals surface area contributed by atoms with Crippen LogP contribution in [0, 0.1) is 0 Å². The van der Waals surface area contributed by atoms with Crippen LogP contribution in [0.25, 0.3) is 0 Å². The van der Waals surface area contributed by atoms with Crippen molar-refractivity contribution in [1.82, 2.24) is 4.90 Å². The summed E-state index contributed by atoms with van der Waals surface area (Å²) in [5, 5.41) is 9.74. The van der Waals surface area contributed by atoms with Gasteiger partial charge in [0.1, 0.15) is 5.75 Å². The molecule has 2 aromatic rings. The molecule has 1 amide bonds. The maximum Gasteiger partial charge on any atom is 0.235 e. The first-order valence-electron chi connectivity index (χ1n) is 9.09. The minimum atomic E-state index is -0.447. The van der Waals surface area contributed by atoms with Crippen LogP contribution in [0.4, 0.5) is 0 Å². The predicted octanol–water partition coefficient (Wildman–Crippen LogP) is 3.31. The second-order valence-electron chi connectivity index (χ2n) is 6.82. The van der Waals surface area contributed by atoms with E-state index in [2.05, 4.69) is 0 Å². The van der Waals surface area contributed by atoms with Gasteiger partial charge in [-0.05, 0) is 31.4 Å². The van der Waals surface area contributed by atoms with Gasteiger partial charge >= 0.3 is 0 Å². The highest BCUT2D eigenvalue weighted by atomic mass is 16.5. The number of aliphatic hydroxyl groups is 1. The minimum Gasteiger partial charge on any atom is -0.493 e. The highest BCUT2D eigenvalue weighted by Crippen LogP contribution is 2.49. The summed E-state index contributed by atoms with van der Waals surface area (Å²) in [5.41, 5.74) is 1.68. The zero-order valence-corrected chi connectivity index (χ0v) is 14.9. The minimum absolute atomic E-state index is 0.00156. The van der Waals surface area contributed by atoms with Gasteiger partial charge in [0.2, 0.25) is 5.91 Å². The maximum absolute atomic E-state index is 13.6. The summed E-state index contributed by atoms with van der Waals surface area (Å²) >= 11 is 0. The molecule has 4 rings (SSSR count). The van der Waals surface area contributed by atoms with Gasteiger partial charge in [-0.3, -0.25) is 4.79 Å². The molecule has 26 heavy (non-hydrogen) atoms. The molecule has 1 N–H and O–H groups in total. The quantitative estimate of drug-likeness (QED) is 0.920. The van der Waals surface area contributed by atoms with E-state index in [9.17, 15) is 9.90 Å². The lowest BCUT2D eigenvalue weighted by Gasteiger charge is -2.38. The highest BCUT2D eigenvalue weighted by molar-refractivity contribution is 5.90. The van der Waals surface area contributed by atoms with Gasteiger partial charge < -0.3 is 19.5 Å². The fraction of sp³-hybridized carbons (Fsp3) is 0.381. The first-order valence-corrected chi connectivity index (χ1v) is 9.09. The van der Waals surface area contributed by atoms with E-state index >= 15 is 0 Å². The van der Waals surface area contributed by atoms with Gasteiger partial charge in [0.25, 0.3) is 0 Å². The van der Waals surface area contributed by atoms with Gasteiger partial charge in [0, 0.05) is 17.7 Å². The summed E-state index contributed by atoms with van der Waals surface area (Å²) in [6.07, 6.45) is 2.86. The van der Waals surface area contributed by atoms with Crippen LogP contribution in [0.5, 0.6) is 17.2 Å². The fourth-order valence-corrected chi connectivity index (χ4v) is 4.03. The summed E-state index contributed by atoms with van der Waals surface area (Å²) in [5.74, 6) is 1.48. The number of carbonyl (C=O) groups is 1. The summed E-state index contributed by atoms with van der Waals surface area (Å²) < 4.78 is 11.5. The third-order valence-electron chi connectivity index (χ3n) is 5.35. The van der Waals surface area contributed by atoms with Crippen LogP contribution in [0.15, 0.2) is 42.5 Å². The molecule has 5 nitrogen and oxygen atoms in total. The Labute approximate surface area is 153 Å². The number of piperidine rings is 1. The van der Waals surface area contributed by atoms with Crippen LogP contribution < -0.4 is 9.47 Å². The Morgan fingerprint density at radius 2 is 2.00 bits per heavy atom. The number of fused-ring (bicyclic) bond motifs is 2. The van der Waals surface area contributed by atoms with Crippen molar-refractivity contribution in [2.45, 2.75) is 31.2 Å². The first-order chi connectivity index (χ1) is 12.7. The Kier molecular flexibility index (Phi) is 4.55. The highest BCUT2D eigenvalue weighted by Gasteiger charge is 2.39. The van der Waals surface area contributed by atoms with Crippen LogP contribution in [-0.2, 0) is 4.79 Å². The molecule has 0 radical (unpaired) electrons. The number of hydrogen-bond acceptors (Lipinski definition) is 4. The lowest BCUT2D eigenvalue weighted by Crippen LogP contribution is -2.48. The Balaban J connectivity index is 1.81. The van der Waals surface area contributed by atoms with Crippen molar-refractivity contribution in [3.8, 4) is 17.2 Å². The molecule has 2 heterocycles. The molecule has 2 aliphatic rings. The van der Waals surface area contributed by atoms with Crippen molar-refractivity contribution in [3.63, 3.8) is 0 Å². The summed E-state index contributed by atoms with van der Waals surface area (Å²) in [6, 6.07) is 13.2. The molecular formula is C21H23NO4. The summed E-state index contributed by atoms with van der Waals surface area (Å²) in [4.78, 5) is 15.4. The molecular weight excluding hydrogens is 330 g/mol. The zero-order chi connectivity index (χ0) is 18.1. The molecule has 1 saturated heterocycles. The van der Waals surface area contributed by atoms with Crippen LogP contribution in [-0.4, -0.2) is 42.2 Å². The summed E-state index contributed by atoms with van der Waals surface area (Å²) in [6.45, 7) is 0.685. The van der Waals surface area contributed by atoms with E-state index in [1.54, 1.807) is 7.11 Å². The number of aliphatic hydroxyl groups excluding tert-OH is 1. The van der Waals surface area contributed by atoms with Gasteiger partial charge in [-0.2, -0.15) is 0 Å². The number of amides is 1. The van der Waals surface area contributed by atoms with Gasteiger partial charge in [0.05, 0.1) is 25.7 Å². The molecule has 0 saturated carbocycles. The van der Waals surface area contributed by atoms with Gasteiger partial charge in [0.15, 0.2) is 11.5 Å². The smallest absolute Gasteiger partial charge is 0.235 e. The van der Waals surface area contributed by atoms with E-state index in [0.29, 0.717) is 23.8 Å². The molecule has 0 bridgehead atoms. The Bertz CT molecular complexity index is 819. The van der Waals surface area contributed by atoms with Gasteiger partial charge in [-0.25, -0.2) is 0 Å². The van der Waals surface area contributed by atoms with E-state index in [1.807, 2.05) is 47.4 Å². The van der Waals surface area contributed by atoms with Crippen LogP contribution >= 0.6 is 0 Å². The van der Waals surface area contributed by atoms with Crippen LogP contribution in [0.3, 0.4) is 0 Å². The fourth-order valence-electron chi connectivity index (χ4n) is 4.03. The lowest BCUT2D eigenvalue weighted by atomic mass is 9.85. The van der Waals surface area contributed by atoms with Crippen molar-refractivity contribution in [2.75, 3.05) is 20.3 Å². The molecule has 0 unspecified atom stereocenters. The van der Waals surface area contributed by atoms with E-state index in [-0.39, 0.29) is 18.6 Å². The molecule has 1 fully saturated rings. The summed E-state index contributed by atoms with van der Waals surface area (Å²) in [7, 11) is 1.60. The number of para-hydroxylation sites is 2. The molecule has 2 atom stereocenters. The Morgan fingerprint density at radius 3 is 2.81 bits per heavy atom. The number of methoxy groups -OCH3 is 1. The van der Waals surface area contributed by atoms with Crippen molar-refractivity contribution in [1.29, 1.82) is 0 Å². The number of likely N-dealkylation sites (tertiary alicyclic amines) is 1. The van der Waals surface area contributed by atoms with Crippen molar-refractivity contribution in [2.24, 2.45) is 0 Å². The van der Waals surface area contributed by atoms with Gasteiger partial charge in [-0.15, -0.1) is 0 Å². The lowest BCUT2D eigenvalue weighted by molar-refractivity contribution is -0.136. The zero-order valence-electron chi connectivity index (χ0n) is 14.9. The van der Waals surface area contributed by atoms with Crippen LogP contribution in [0.1, 0.15) is 36.3 Å². The molecule has 0 aliphatic carbocycles. The van der Waals surface area contributed by atoms with Crippen molar-refractivity contribution >= 4 is 5.91 Å². The molecule has 5 heteroatoms. The van der Waals surface area contributed by atoms with Crippen molar-refractivity contribution in [3.05, 3.63) is 53.6 Å². The van der Waals surface area contributed by atoms with E-state index < -0.39 is 5.92 Å². The Morgan fingerprint density at radius 1 is 1.19 bits per heavy atom. The van der Waals surface area contributed by atoms with E-state index in [1.165, 1.54) is 0 Å². The number of rotatable bonds is 3. The number of benzene rings is 2. The van der Waals surface area contributed by atoms with Crippen LogP contribution in [0.2, 0.25) is 0 Å². The second-order valence-corrected chi connectivity index (χ2v) is 6.82. The number of ether oxygens (including phenoxy) is 2. The normalized spacial score (nSPS) is 21.4. The third-order valence-corrected chi connectivity index (χ3v) is 5.35. The standard InChI is InChI=1S/C21H23NO4/c1-25-18-11-6-9-16-19(15-8-2-3-10-17(15)26-20(16)18)21(24)22-12-5-4-7-14(22)13-23/h2-3,6,8-11,14,19,23H,4-5,7,12-13H2,1H3/t14-,19+/m0/s1. The number of hydrogen-bond donors (Lipinski definition) is 1. The van der Waals surface area contributed by atoms with Crippen molar-refractivity contribution < 1.29 is 19.4 Å². The number of carbonyl (C=O) groups excluding carboxylic acids is 1. The molecule has 0 spiro atoms. The van der Waals surface area contributed by atoms with Gasteiger partial charge in [-0.1, -0.05) is 30.3 Å². The van der Waals surface area contributed by atoms with E-state index in [0.717, 1.165) is 30.4 Å². The maximum atomic E-state index is 13.6. The topological polar surface area (TPSA) is 59.0 Å². The van der Waals surface area contributed by atoms with E-state index in [4.69, 9.17) is 9.47 Å². The Hall–Kier alpha value is -2.53. The third kappa shape index (κ3) is 2.72. The SMILES string of the molecule is COc1cccc2c1Oc1ccccc1[C@H]2C(=O)N1CCCC[C@H]1CO. The average Bonchev–Trinajstić information content (AvgIpc) is 2.71. The monoisotopic (exact) mass is 353 g/mol.